The molecule has 2 atom stereocenters. The van der Waals surface area contributed by atoms with Crippen LogP contribution in [0.4, 0.5) is 4.39 Å². The molecule has 1 aliphatic heterocycles. The van der Waals surface area contributed by atoms with Crippen LogP contribution in [-0.2, 0) is 20.9 Å². The van der Waals surface area contributed by atoms with Crippen LogP contribution >= 0.6 is 0 Å². The monoisotopic (exact) mass is 524 g/mol. The molecule has 2 heterocycles. The number of rotatable bonds is 9. The summed E-state index contributed by atoms with van der Waals surface area (Å²) in [5, 5.41) is 15.3. The minimum atomic E-state index is -0.920. The van der Waals surface area contributed by atoms with Gasteiger partial charge in [-0.05, 0) is 80.8 Å². The maximum absolute atomic E-state index is 13.8. The Morgan fingerprint density at radius 1 is 1.18 bits per heavy atom. The molecule has 3 aromatic rings. The summed E-state index contributed by atoms with van der Waals surface area (Å²) in [6.07, 6.45) is 1.48. The molecule has 0 spiro atoms. The summed E-state index contributed by atoms with van der Waals surface area (Å²) in [5.41, 5.74) is 0.692. The lowest BCUT2D eigenvalue weighted by Crippen LogP contribution is -2.51. The number of methoxy groups -OCH3 is 1. The van der Waals surface area contributed by atoms with Gasteiger partial charge in [-0.15, -0.1) is 10.2 Å². The van der Waals surface area contributed by atoms with Crippen LogP contribution in [0.1, 0.15) is 45.2 Å². The molecule has 1 fully saturated rings. The van der Waals surface area contributed by atoms with Crippen LogP contribution in [0.5, 0.6) is 5.75 Å². The topological polar surface area (TPSA) is 111 Å². The largest absolute Gasteiger partial charge is 0.497 e. The summed E-state index contributed by atoms with van der Waals surface area (Å²) in [6, 6.07) is 11.8. The molecule has 0 bridgehead atoms. The summed E-state index contributed by atoms with van der Waals surface area (Å²) in [7, 11) is 1.57. The Hall–Kier alpha value is -3.86. The van der Waals surface area contributed by atoms with Crippen molar-refractivity contribution >= 4 is 11.8 Å². The third-order valence-corrected chi connectivity index (χ3v) is 6.07. The van der Waals surface area contributed by atoms with E-state index in [0.29, 0.717) is 23.5 Å². The van der Waals surface area contributed by atoms with Crippen molar-refractivity contribution in [1.29, 1.82) is 0 Å². The van der Waals surface area contributed by atoms with E-state index >= 15 is 0 Å². The fraction of sp³-hybridized carbons (Fsp3) is 0.444. The quantitative estimate of drug-likeness (QED) is 0.458. The van der Waals surface area contributed by atoms with E-state index in [2.05, 4.69) is 20.7 Å². The fourth-order valence-corrected chi connectivity index (χ4v) is 4.29. The second-order valence-corrected chi connectivity index (χ2v) is 10.2. The molecule has 0 unspecified atom stereocenters. The lowest BCUT2D eigenvalue weighted by Gasteiger charge is -2.35. The molecule has 1 N–H and O–H groups in total. The highest BCUT2D eigenvalue weighted by Crippen LogP contribution is 2.27. The van der Waals surface area contributed by atoms with Gasteiger partial charge in [0.2, 0.25) is 17.6 Å². The number of nitrogens with zero attached hydrogens (tertiary/aromatic N) is 5. The molecule has 0 saturated carbocycles. The lowest BCUT2D eigenvalue weighted by atomic mass is 10.0. The van der Waals surface area contributed by atoms with Crippen molar-refractivity contribution < 1.29 is 23.5 Å². The maximum atomic E-state index is 13.8. The SMILES string of the molecule is COc1ccc([C@H](C(=O)NC(C)(C)C)N(C[C@@H]2CCCO2)C(=O)Cn2nnc(-c3ccc(F)cc3)n2)cc1. The van der Waals surface area contributed by atoms with E-state index in [9.17, 15) is 14.0 Å². The van der Waals surface area contributed by atoms with Gasteiger partial charge in [0.05, 0.1) is 13.2 Å². The van der Waals surface area contributed by atoms with Crippen LogP contribution in [0.3, 0.4) is 0 Å². The lowest BCUT2D eigenvalue weighted by molar-refractivity contribution is -0.144. The van der Waals surface area contributed by atoms with Crippen molar-refractivity contribution in [3.8, 4) is 17.1 Å². The van der Waals surface area contributed by atoms with Crippen LogP contribution in [0.2, 0.25) is 0 Å². The fourth-order valence-electron chi connectivity index (χ4n) is 4.29. The molecule has 10 nitrogen and oxygen atoms in total. The molecule has 2 aromatic carbocycles. The van der Waals surface area contributed by atoms with E-state index in [1.54, 1.807) is 43.5 Å². The Labute approximate surface area is 221 Å². The van der Waals surface area contributed by atoms with Crippen molar-refractivity contribution in [3.05, 3.63) is 59.9 Å². The molecule has 0 aliphatic carbocycles. The Morgan fingerprint density at radius 3 is 2.50 bits per heavy atom. The van der Waals surface area contributed by atoms with Crippen molar-refractivity contribution in [3.63, 3.8) is 0 Å². The molecule has 1 aromatic heterocycles. The molecule has 202 valence electrons. The molecule has 4 rings (SSSR count). The average Bonchev–Trinajstić information content (AvgIpc) is 3.56. The number of hydrogen-bond acceptors (Lipinski definition) is 7. The smallest absolute Gasteiger partial charge is 0.247 e. The van der Waals surface area contributed by atoms with Gasteiger partial charge in [-0.1, -0.05) is 12.1 Å². The van der Waals surface area contributed by atoms with Crippen LogP contribution < -0.4 is 10.1 Å². The van der Waals surface area contributed by atoms with Gasteiger partial charge in [-0.25, -0.2) is 4.39 Å². The van der Waals surface area contributed by atoms with Crippen molar-refractivity contribution in [1.82, 2.24) is 30.4 Å². The molecule has 2 amide bonds. The van der Waals surface area contributed by atoms with Crippen molar-refractivity contribution in [2.75, 3.05) is 20.3 Å². The number of halogens is 1. The number of aromatic nitrogens is 4. The number of amides is 2. The van der Waals surface area contributed by atoms with Gasteiger partial charge in [-0.3, -0.25) is 9.59 Å². The van der Waals surface area contributed by atoms with Gasteiger partial charge in [0, 0.05) is 24.3 Å². The van der Waals surface area contributed by atoms with E-state index in [0.717, 1.165) is 12.8 Å². The predicted octanol–water partition coefficient (Wildman–Crippen LogP) is 3.15. The normalized spacial score (nSPS) is 16.2. The highest BCUT2D eigenvalue weighted by Gasteiger charge is 2.36. The van der Waals surface area contributed by atoms with Crippen LogP contribution in [0.15, 0.2) is 48.5 Å². The number of tetrazole rings is 1. The Morgan fingerprint density at radius 2 is 1.89 bits per heavy atom. The third-order valence-electron chi connectivity index (χ3n) is 6.07. The predicted molar refractivity (Wildman–Crippen MR) is 138 cm³/mol. The zero-order valence-electron chi connectivity index (χ0n) is 22.1. The van der Waals surface area contributed by atoms with Gasteiger partial charge in [0.25, 0.3) is 0 Å². The van der Waals surface area contributed by atoms with Gasteiger partial charge in [0.1, 0.15) is 24.2 Å². The second-order valence-electron chi connectivity index (χ2n) is 10.2. The molecule has 1 saturated heterocycles. The van der Waals surface area contributed by atoms with Crippen LogP contribution in [0.25, 0.3) is 11.4 Å². The summed E-state index contributed by atoms with van der Waals surface area (Å²) in [4.78, 5) is 30.1. The number of nitrogens with one attached hydrogen (secondary N) is 1. The first-order valence-electron chi connectivity index (χ1n) is 12.5. The highest BCUT2D eigenvalue weighted by molar-refractivity contribution is 5.89. The van der Waals surface area contributed by atoms with Gasteiger partial charge < -0.3 is 19.7 Å². The first kappa shape index (κ1) is 27.2. The minimum absolute atomic E-state index is 0.194. The standard InChI is InChI=1S/C27H33FN6O4/c1-27(2,3)29-26(36)24(18-9-13-21(37-4)14-10-18)33(16-22-6-5-15-38-22)23(35)17-34-31-25(30-32-34)19-7-11-20(28)12-8-19/h7-14,22,24H,5-6,15-17H2,1-4H3,(H,29,36)/t22-,24+/m0/s1. The van der Waals surface area contributed by atoms with Crippen LogP contribution in [0, 0.1) is 5.82 Å². The Bertz CT molecular complexity index is 1230. The first-order chi connectivity index (χ1) is 18.1. The van der Waals surface area contributed by atoms with E-state index in [1.807, 2.05) is 20.8 Å². The van der Waals surface area contributed by atoms with E-state index in [4.69, 9.17) is 9.47 Å². The molecular formula is C27H33FN6O4. The van der Waals surface area contributed by atoms with E-state index < -0.39 is 11.6 Å². The zero-order chi connectivity index (χ0) is 27.3. The molecular weight excluding hydrogens is 491 g/mol. The molecule has 1 aliphatic rings. The van der Waals surface area contributed by atoms with Crippen molar-refractivity contribution in [2.45, 2.75) is 57.8 Å². The van der Waals surface area contributed by atoms with Gasteiger partial charge in [0.15, 0.2) is 0 Å². The summed E-state index contributed by atoms with van der Waals surface area (Å²) in [5.74, 6) is -0.151. The number of hydrogen-bond donors (Lipinski definition) is 1. The molecule has 38 heavy (non-hydrogen) atoms. The Balaban J connectivity index is 1.64. The van der Waals surface area contributed by atoms with Gasteiger partial charge >= 0.3 is 0 Å². The number of benzene rings is 2. The summed E-state index contributed by atoms with van der Waals surface area (Å²) < 4.78 is 24.4. The zero-order valence-corrected chi connectivity index (χ0v) is 22.1. The van der Waals surface area contributed by atoms with E-state index in [1.165, 1.54) is 21.8 Å². The number of ether oxygens (including phenoxy) is 2. The second kappa shape index (κ2) is 11.7. The average molecular weight is 525 g/mol. The first-order valence-corrected chi connectivity index (χ1v) is 12.5. The minimum Gasteiger partial charge on any atom is -0.497 e. The number of carbonyl (C=O) groups is 2. The maximum Gasteiger partial charge on any atom is 0.247 e. The molecule has 0 radical (unpaired) electrons. The number of carbonyl (C=O) groups excluding carboxylic acids is 2. The third kappa shape index (κ3) is 6.91. The summed E-state index contributed by atoms with van der Waals surface area (Å²) in [6.45, 7) is 6.26. The van der Waals surface area contributed by atoms with Crippen LogP contribution in [-0.4, -0.2) is 68.8 Å². The summed E-state index contributed by atoms with van der Waals surface area (Å²) >= 11 is 0. The highest BCUT2D eigenvalue weighted by atomic mass is 19.1. The van der Waals surface area contributed by atoms with Gasteiger partial charge in [-0.2, -0.15) is 4.80 Å². The van der Waals surface area contributed by atoms with Crippen molar-refractivity contribution in [2.24, 2.45) is 0 Å². The molecule has 11 heteroatoms. The van der Waals surface area contributed by atoms with E-state index in [-0.39, 0.29) is 42.6 Å². The Kier molecular flexibility index (Phi) is 8.35.